The molecule has 0 aliphatic carbocycles. The number of carbonyl (C=O) groups excluding carboxylic acids is 1. The number of nitrogens with zero attached hydrogens (tertiary/aromatic N) is 4. The number of carbonyl (C=O) groups is 2. The molecule has 122 valence electrons. The van der Waals surface area contributed by atoms with Crippen LogP contribution in [0.25, 0.3) is 0 Å². The third-order valence-electron chi connectivity index (χ3n) is 3.45. The van der Waals surface area contributed by atoms with Crippen molar-refractivity contribution >= 4 is 12.1 Å². The lowest BCUT2D eigenvalue weighted by molar-refractivity contribution is 0.0255. The minimum Gasteiger partial charge on any atom is -0.476 e. The minimum absolute atomic E-state index is 0.0491. The van der Waals surface area contributed by atoms with E-state index >= 15 is 0 Å². The molecule has 2 rings (SSSR count). The van der Waals surface area contributed by atoms with Crippen LogP contribution in [-0.4, -0.2) is 55.8 Å². The molecule has 1 fully saturated rings. The van der Waals surface area contributed by atoms with E-state index in [9.17, 15) is 9.59 Å². The zero-order valence-corrected chi connectivity index (χ0v) is 13.2. The molecule has 0 radical (unpaired) electrons. The van der Waals surface area contributed by atoms with Gasteiger partial charge in [-0.3, -0.25) is 0 Å². The number of aromatic nitrogens is 3. The SMILES string of the molecule is CC(C)(C)OC(=O)N1CCC[C@@H](n2cc(C(=O)O)nn2)CC1. The Hall–Kier alpha value is -2.12. The van der Waals surface area contributed by atoms with E-state index in [2.05, 4.69) is 10.3 Å². The summed E-state index contributed by atoms with van der Waals surface area (Å²) in [7, 11) is 0. The predicted octanol–water partition coefficient (Wildman–Crippen LogP) is 1.94. The monoisotopic (exact) mass is 310 g/mol. The van der Waals surface area contributed by atoms with Crippen molar-refractivity contribution in [3.63, 3.8) is 0 Å². The molecular formula is C14H22N4O4. The summed E-state index contributed by atoms with van der Waals surface area (Å²) in [5, 5.41) is 16.4. The highest BCUT2D eigenvalue weighted by atomic mass is 16.6. The molecule has 8 nitrogen and oxygen atoms in total. The molecular weight excluding hydrogens is 288 g/mol. The summed E-state index contributed by atoms with van der Waals surface area (Å²) in [4.78, 5) is 24.6. The summed E-state index contributed by atoms with van der Waals surface area (Å²) in [6.07, 6.45) is 3.46. The zero-order valence-electron chi connectivity index (χ0n) is 13.2. The van der Waals surface area contributed by atoms with Gasteiger partial charge in [-0.1, -0.05) is 5.21 Å². The van der Waals surface area contributed by atoms with Gasteiger partial charge < -0.3 is 14.7 Å². The van der Waals surface area contributed by atoms with E-state index in [0.29, 0.717) is 19.5 Å². The van der Waals surface area contributed by atoms with E-state index in [1.165, 1.54) is 6.20 Å². The van der Waals surface area contributed by atoms with E-state index in [1.54, 1.807) is 9.58 Å². The molecule has 22 heavy (non-hydrogen) atoms. The molecule has 1 saturated heterocycles. The van der Waals surface area contributed by atoms with Crippen molar-refractivity contribution in [1.29, 1.82) is 0 Å². The maximum atomic E-state index is 12.1. The largest absolute Gasteiger partial charge is 0.476 e. The number of amides is 1. The van der Waals surface area contributed by atoms with E-state index in [0.717, 1.165) is 12.8 Å². The molecule has 0 unspecified atom stereocenters. The summed E-state index contributed by atoms with van der Waals surface area (Å²) in [6, 6.07) is 0.0491. The quantitative estimate of drug-likeness (QED) is 0.896. The summed E-state index contributed by atoms with van der Waals surface area (Å²) in [5.41, 5.74) is -0.571. The molecule has 0 saturated carbocycles. The van der Waals surface area contributed by atoms with Crippen LogP contribution in [0.1, 0.15) is 56.6 Å². The molecule has 0 bridgehead atoms. The second-order valence-electron chi connectivity index (χ2n) is 6.44. The number of aromatic carboxylic acids is 1. The summed E-state index contributed by atoms with van der Waals surface area (Å²) < 4.78 is 6.97. The van der Waals surface area contributed by atoms with Crippen molar-refractivity contribution < 1.29 is 19.4 Å². The van der Waals surface area contributed by atoms with Gasteiger partial charge in [-0.15, -0.1) is 5.10 Å². The Morgan fingerprint density at radius 2 is 2.05 bits per heavy atom. The first-order valence-electron chi connectivity index (χ1n) is 7.39. The van der Waals surface area contributed by atoms with Gasteiger partial charge in [-0.2, -0.15) is 0 Å². The van der Waals surface area contributed by atoms with Gasteiger partial charge in [0.15, 0.2) is 5.69 Å². The molecule has 2 heterocycles. The highest BCUT2D eigenvalue weighted by molar-refractivity contribution is 5.84. The first kappa shape index (κ1) is 16.3. The number of rotatable bonds is 2. The van der Waals surface area contributed by atoms with Crippen LogP contribution in [-0.2, 0) is 4.74 Å². The summed E-state index contributed by atoms with van der Waals surface area (Å²) >= 11 is 0. The van der Waals surface area contributed by atoms with Crippen LogP contribution in [0.3, 0.4) is 0 Å². The third kappa shape index (κ3) is 4.19. The highest BCUT2D eigenvalue weighted by Gasteiger charge is 2.26. The van der Waals surface area contributed by atoms with Crippen molar-refractivity contribution in [2.75, 3.05) is 13.1 Å². The van der Waals surface area contributed by atoms with Gasteiger partial charge in [0.25, 0.3) is 0 Å². The summed E-state index contributed by atoms with van der Waals surface area (Å²) in [5.74, 6) is -1.09. The number of ether oxygens (including phenoxy) is 1. The fraction of sp³-hybridized carbons (Fsp3) is 0.714. The van der Waals surface area contributed by atoms with E-state index in [4.69, 9.17) is 9.84 Å². The number of hydrogen-bond donors (Lipinski definition) is 1. The molecule has 1 atom stereocenters. The Bertz CT molecular complexity index is 549. The average Bonchev–Trinajstić information content (AvgIpc) is 2.75. The number of hydrogen-bond acceptors (Lipinski definition) is 5. The lowest BCUT2D eigenvalue weighted by atomic mass is 10.1. The van der Waals surface area contributed by atoms with Gasteiger partial charge in [0, 0.05) is 13.1 Å². The lowest BCUT2D eigenvalue weighted by Crippen LogP contribution is -2.37. The molecule has 8 heteroatoms. The number of likely N-dealkylation sites (tertiary alicyclic amines) is 1. The zero-order chi connectivity index (χ0) is 16.3. The van der Waals surface area contributed by atoms with Crippen molar-refractivity contribution in [3.05, 3.63) is 11.9 Å². The Balaban J connectivity index is 1.97. The molecule has 0 spiro atoms. The van der Waals surface area contributed by atoms with Crippen LogP contribution in [0.15, 0.2) is 6.20 Å². The second-order valence-corrected chi connectivity index (χ2v) is 6.44. The van der Waals surface area contributed by atoms with Crippen molar-refractivity contribution in [1.82, 2.24) is 19.9 Å². The normalized spacial score (nSPS) is 19.6. The van der Waals surface area contributed by atoms with Crippen LogP contribution in [0.4, 0.5) is 4.79 Å². The standard InChI is InChI=1S/C14H22N4O4/c1-14(2,3)22-13(21)17-7-4-5-10(6-8-17)18-9-11(12(19)20)15-16-18/h9-10H,4-8H2,1-3H3,(H,19,20)/t10-/m1/s1. The minimum atomic E-state index is -1.09. The Labute approximate surface area is 129 Å². The first-order valence-corrected chi connectivity index (χ1v) is 7.39. The molecule has 1 amide bonds. The van der Waals surface area contributed by atoms with Gasteiger partial charge in [0.05, 0.1) is 12.2 Å². The lowest BCUT2D eigenvalue weighted by Gasteiger charge is -2.26. The molecule has 1 aliphatic rings. The second kappa shape index (κ2) is 6.33. The van der Waals surface area contributed by atoms with Crippen LogP contribution in [0, 0.1) is 0 Å². The van der Waals surface area contributed by atoms with Crippen LogP contribution in [0.2, 0.25) is 0 Å². The van der Waals surface area contributed by atoms with E-state index in [1.807, 2.05) is 20.8 Å². The number of carboxylic acid groups (broad SMARTS) is 1. The van der Waals surface area contributed by atoms with Crippen molar-refractivity contribution in [2.45, 2.75) is 51.7 Å². The summed E-state index contributed by atoms with van der Waals surface area (Å²) in [6.45, 7) is 6.71. The molecule has 0 aromatic carbocycles. The topological polar surface area (TPSA) is 97.5 Å². The Morgan fingerprint density at radius 3 is 2.64 bits per heavy atom. The van der Waals surface area contributed by atoms with Gasteiger partial charge >= 0.3 is 12.1 Å². The smallest absolute Gasteiger partial charge is 0.410 e. The fourth-order valence-electron chi connectivity index (χ4n) is 2.41. The molecule has 1 aliphatic heterocycles. The first-order chi connectivity index (χ1) is 10.3. The van der Waals surface area contributed by atoms with E-state index < -0.39 is 11.6 Å². The van der Waals surface area contributed by atoms with E-state index in [-0.39, 0.29) is 17.8 Å². The van der Waals surface area contributed by atoms with Crippen LogP contribution < -0.4 is 0 Å². The molecule has 1 N–H and O–H groups in total. The highest BCUT2D eigenvalue weighted by Crippen LogP contribution is 2.23. The third-order valence-corrected chi connectivity index (χ3v) is 3.45. The average molecular weight is 310 g/mol. The fourth-order valence-corrected chi connectivity index (χ4v) is 2.41. The van der Waals surface area contributed by atoms with Crippen molar-refractivity contribution in [2.24, 2.45) is 0 Å². The van der Waals surface area contributed by atoms with Gasteiger partial charge in [0.2, 0.25) is 0 Å². The Kier molecular flexibility index (Phi) is 4.68. The molecule has 1 aromatic heterocycles. The molecule has 1 aromatic rings. The van der Waals surface area contributed by atoms with Gasteiger partial charge in [-0.25, -0.2) is 14.3 Å². The Morgan fingerprint density at radius 1 is 1.32 bits per heavy atom. The number of carboxylic acids is 1. The van der Waals surface area contributed by atoms with Crippen LogP contribution >= 0.6 is 0 Å². The predicted molar refractivity (Wildman–Crippen MR) is 77.7 cm³/mol. The maximum absolute atomic E-state index is 12.1. The van der Waals surface area contributed by atoms with Gasteiger partial charge in [0.1, 0.15) is 5.60 Å². The van der Waals surface area contributed by atoms with Crippen LogP contribution in [0.5, 0.6) is 0 Å². The van der Waals surface area contributed by atoms with Gasteiger partial charge in [-0.05, 0) is 40.0 Å². The van der Waals surface area contributed by atoms with Crippen molar-refractivity contribution in [3.8, 4) is 0 Å². The maximum Gasteiger partial charge on any atom is 0.410 e.